The lowest BCUT2D eigenvalue weighted by atomic mass is 10.2. The molecule has 3 aromatic rings. The van der Waals surface area contributed by atoms with Crippen molar-refractivity contribution in [2.75, 3.05) is 13.2 Å². The molecule has 1 aliphatic rings. The Labute approximate surface area is 150 Å². The summed E-state index contributed by atoms with van der Waals surface area (Å²) in [7, 11) is 0. The number of aromatic nitrogens is 3. The Morgan fingerprint density at radius 3 is 2.85 bits per heavy atom. The highest BCUT2D eigenvalue weighted by Crippen LogP contribution is 2.15. The zero-order valence-corrected chi connectivity index (χ0v) is 14.3. The van der Waals surface area contributed by atoms with Crippen LogP contribution in [0.2, 0.25) is 0 Å². The zero-order valence-electron chi connectivity index (χ0n) is 14.3. The molecule has 1 aromatic carbocycles. The number of nitrogens with zero attached hydrogens (tertiary/aromatic N) is 3. The van der Waals surface area contributed by atoms with E-state index in [0.717, 1.165) is 25.1 Å². The smallest absolute Gasteiger partial charge is 0.335 e. The van der Waals surface area contributed by atoms with Gasteiger partial charge < -0.3 is 10.1 Å². The maximum atomic E-state index is 13.0. The summed E-state index contributed by atoms with van der Waals surface area (Å²) in [6, 6.07) is 12.9. The van der Waals surface area contributed by atoms with Gasteiger partial charge in [0.05, 0.1) is 17.3 Å². The first-order valence-electron chi connectivity index (χ1n) is 8.74. The molecule has 1 atom stereocenters. The summed E-state index contributed by atoms with van der Waals surface area (Å²) >= 11 is 0. The summed E-state index contributed by atoms with van der Waals surface area (Å²) in [5.41, 5.74) is 1.61. The molecule has 4 rings (SSSR count). The quantitative estimate of drug-likeness (QED) is 0.754. The van der Waals surface area contributed by atoms with E-state index >= 15 is 0 Å². The first kappa shape index (κ1) is 16.5. The maximum Gasteiger partial charge on any atom is 0.335 e. The van der Waals surface area contributed by atoms with Gasteiger partial charge in [-0.2, -0.15) is 0 Å². The van der Waals surface area contributed by atoms with Crippen molar-refractivity contribution in [1.82, 2.24) is 19.4 Å². The number of rotatable bonds is 5. The van der Waals surface area contributed by atoms with Gasteiger partial charge in [0.1, 0.15) is 6.54 Å². The molecule has 134 valence electrons. The Hall–Kier alpha value is -2.93. The van der Waals surface area contributed by atoms with Gasteiger partial charge in [0, 0.05) is 19.3 Å². The summed E-state index contributed by atoms with van der Waals surface area (Å²) in [4.78, 5) is 29.7. The summed E-state index contributed by atoms with van der Waals surface area (Å²) in [5, 5.41) is 2.86. The predicted octanol–water partition coefficient (Wildman–Crippen LogP) is 1.48. The summed E-state index contributed by atoms with van der Waals surface area (Å²) in [5.74, 6) is -0.210. The normalized spacial score (nSPS) is 16.8. The Kier molecular flexibility index (Phi) is 4.53. The molecule has 26 heavy (non-hydrogen) atoms. The van der Waals surface area contributed by atoms with Crippen LogP contribution >= 0.6 is 0 Å². The molecule has 3 heterocycles. The Morgan fingerprint density at radius 1 is 1.23 bits per heavy atom. The largest absolute Gasteiger partial charge is 0.376 e. The molecule has 0 spiro atoms. The molecule has 2 aromatic heterocycles. The molecular formula is C19H20N4O3. The van der Waals surface area contributed by atoms with Crippen LogP contribution in [0.5, 0.6) is 0 Å². The number of pyridine rings is 1. The van der Waals surface area contributed by atoms with Crippen LogP contribution in [0.1, 0.15) is 12.8 Å². The van der Waals surface area contributed by atoms with E-state index in [9.17, 15) is 9.59 Å². The standard InChI is InChI=1S/C19H20N4O3/c24-17(21-12-15-8-5-11-26-15)13-22-16-9-4-10-20-18(16)23(19(22)25)14-6-2-1-3-7-14/h1-4,6-7,9-10,15H,5,8,11-13H2,(H,21,24). The van der Waals surface area contributed by atoms with Crippen molar-refractivity contribution in [3.05, 3.63) is 59.1 Å². The Bertz CT molecular complexity index is 971. The lowest BCUT2D eigenvalue weighted by molar-refractivity contribution is -0.122. The molecule has 7 nitrogen and oxygen atoms in total. The topological polar surface area (TPSA) is 78.2 Å². The number of fused-ring (bicyclic) bond motifs is 1. The number of ether oxygens (including phenoxy) is 1. The van der Waals surface area contributed by atoms with Crippen molar-refractivity contribution in [2.45, 2.75) is 25.5 Å². The molecule has 0 radical (unpaired) electrons. The van der Waals surface area contributed by atoms with Crippen LogP contribution in [0.15, 0.2) is 53.5 Å². The van der Waals surface area contributed by atoms with Crippen LogP contribution in [-0.4, -0.2) is 39.3 Å². The lowest BCUT2D eigenvalue weighted by Crippen LogP contribution is -2.36. The van der Waals surface area contributed by atoms with Gasteiger partial charge in [-0.1, -0.05) is 18.2 Å². The van der Waals surface area contributed by atoms with Crippen molar-refractivity contribution < 1.29 is 9.53 Å². The SMILES string of the molecule is O=C(Cn1c(=O)n(-c2ccccc2)c2ncccc21)NCC1CCCO1. The first-order chi connectivity index (χ1) is 12.7. The first-order valence-corrected chi connectivity index (χ1v) is 8.74. The number of hydrogen-bond acceptors (Lipinski definition) is 4. The molecule has 0 bridgehead atoms. The predicted molar refractivity (Wildman–Crippen MR) is 97.3 cm³/mol. The lowest BCUT2D eigenvalue weighted by Gasteiger charge is -2.11. The number of imidazole rings is 1. The van der Waals surface area contributed by atoms with E-state index in [1.54, 1.807) is 18.3 Å². The highest BCUT2D eigenvalue weighted by Gasteiger charge is 2.19. The van der Waals surface area contributed by atoms with Crippen LogP contribution in [0.3, 0.4) is 0 Å². The number of nitrogens with one attached hydrogen (secondary N) is 1. The number of benzene rings is 1. The van der Waals surface area contributed by atoms with Crippen molar-refractivity contribution in [3.63, 3.8) is 0 Å². The monoisotopic (exact) mass is 352 g/mol. The van der Waals surface area contributed by atoms with Crippen LogP contribution in [0.4, 0.5) is 0 Å². The minimum Gasteiger partial charge on any atom is -0.376 e. The van der Waals surface area contributed by atoms with Gasteiger partial charge in [-0.3, -0.25) is 9.36 Å². The second kappa shape index (κ2) is 7.13. The highest BCUT2D eigenvalue weighted by molar-refractivity contribution is 5.80. The second-order valence-electron chi connectivity index (χ2n) is 6.32. The Balaban J connectivity index is 1.64. The van der Waals surface area contributed by atoms with Crippen molar-refractivity contribution in [1.29, 1.82) is 0 Å². The van der Waals surface area contributed by atoms with Gasteiger partial charge in [0.15, 0.2) is 5.65 Å². The van der Waals surface area contributed by atoms with E-state index in [4.69, 9.17) is 4.74 Å². The minimum atomic E-state index is -0.280. The number of hydrogen-bond donors (Lipinski definition) is 1. The number of para-hydroxylation sites is 1. The number of carbonyl (C=O) groups is 1. The third-order valence-electron chi connectivity index (χ3n) is 4.56. The molecular weight excluding hydrogens is 332 g/mol. The van der Waals surface area contributed by atoms with E-state index in [0.29, 0.717) is 17.7 Å². The van der Waals surface area contributed by atoms with Gasteiger partial charge in [-0.05, 0) is 37.1 Å². The molecule has 1 N–H and O–H groups in total. The maximum absolute atomic E-state index is 13.0. The van der Waals surface area contributed by atoms with Crippen molar-refractivity contribution in [2.24, 2.45) is 0 Å². The fraction of sp³-hybridized carbons (Fsp3) is 0.316. The van der Waals surface area contributed by atoms with Gasteiger partial charge in [-0.15, -0.1) is 0 Å². The molecule has 1 unspecified atom stereocenters. The second-order valence-corrected chi connectivity index (χ2v) is 6.32. The number of amides is 1. The average Bonchev–Trinajstić information content (AvgIpc) is 3.28. The average molecular weight is 352 g/mol. The molecule has 0 saturated carbocycles. The van der Waals surface area contributed by atoms with Crippen LogP contribution < -0.4 is 11.0 Å². The number of carbonyl (C=O) groups excluding carboxylic acids is 1. The van der Waals surface area contributed by atoms with E-state index < -0.39 is 0 Å². The zero-order chi connectivity index (χ0) is 17.9. The van der Waals surface area contributed by atoms with Gasteiger partial charge in [0.25, 0.3) is 0 Å². The van der Waals surface area contributed by atoms with Crippen molar-refractivity contribution in [3.8, 4) is 5.69 Å². The summed E-state index contributed by atoms with van der Waals surface area (Å²) < 4.78 is 8.50. The Morgan fingerprint density at radius 2 is 2.08 bits per heavy atom. The fourth-order valence-corrected chi connectivity index (χ4v) is 3.28. The molecule has 1 amide bonds. The fourth-order valence-electron chi connectivity index (χ4n) is 3.28. The molecule has 1 saturated heterocycles. The summed E-state index contributed by atoms with van der Waals surface area (Å²) in [6.45, 7) is 1.17. The summed E-state index contributed by atoms with van der Waals surface area (Å²) in [6.07, 6.45) is 3.69. The van der Waals surface area contributed by atoms with Crippen molar-refractivity contribution >= 4 is 17.1 Å². The third kappa shape index (κ3) is 3.13. The van der Waals surface area contributed by atoms with Crippen LogP contribution in [-0.2, 0) is 16.1 Å². The van der Waals surface area contributed by atoms with E-state index in [1.807, 2.05) is 30.3 Å². The van der Waals surface area contributed by atoms with E-state index in [1.165, 1.54) is 9.13 Å². The molecule has 1 fully saturated rings. The molecule has 0 aliphatic carbocycles. The van der Waals surface area contributed by atoms with Crippen LogP contribution in [0.25, 0.3) is 16.9 Å². The van der Waals surface area contributed by atoms with Gasteiger partial charge in [-0.25, -0.2) is 14.3 Å². The molecule has 1 aliphatic heterocycles. The third-order valence-corrected chi connectivity index (χ3v) is 4.56. The van der Waals surface area contributed by atoms with Gasteiger partial charge >= 0.3 is 5.69 Å². The minimum absolute atomic E-state index is 0.0480. The van der Waals surface area contributed by atoms with Gasteiger partial charge in [0.2, 0.25) is 5.91 Å². The van der Waals surface area contributed by atoms with E-state index in [2.05, 4.69) is 10.3 Å². The highest BCUT2D eigenvalue weighted by atomic mass is 16.5. The van der Waals surface area contributed by atoms with E-state index in [-0.39, 0.29) is 24.2 Å². The molecule has 7 heteroatoms. The van der Waals surface area contributed by atoms with Crippen LogP contribution in [0, 0.1) is 0 Å².